The fraction of sp³-hybridized carbons (Fsp3) is 0.100. The summed E-state index contributed by atoms with van der Waals surface area (Å²) in [4.78, 5) is 61.5. The molecular formula is C40H18Br8N2O4. The number of hydrogen-bond acceptors (Lipinski definition) is 4. The number of rotatable bonds is 4. The van der Waals surface area contributed by atoms with Gasteiger partial charge in [-0.2, -0.15) is 0 Å². The molecule has 0 saturated carbocycles. The van der Waals surface area contributed by atoms with Gasteiger partial charge < -0.3 is 0 Å². The van der Waals surface area contributed by atoms with Gasteiger partial charge in [0.15, 0.2) is 0 Å². The van der Waals surface area contributed by atoms with Crippen LogP contribution in [-0.4, -0.2) is 33.4 Å². The highest BCUT2D eigenvalue weighted by atomic mass is 79.9. The van der Waals surface area contributed by atoms with Crippen molar-refractivity contribution in [2.45, 2.75) is 25.9 Å². The zero-order valence-corrected chi connectivity index (χ0v) is 40.2. The number of carbonyl (C=O) groups is 4. The first-order valence-corrected chi connectivity index (χ1v) is 22.6. The van der Waals surface area contributed by atoms with E-state index in [1.165, 1.54) is 9.80 Å². The lowest BCUT2D eigenvalue weighted by Gasteiger charge is -2.36. The van der Waals surface area contributed by atoms with Crippen LogP contribution in [0.15, 0.2) is 96.4 Å². The number of nitrogens with zero attached hydrogens (tertiary/aromatic N) is 2. The third-order valence-corrected chi connectivity index (χ3v) is 19.1. The SMILES string of the molecule is CC(c1ccccc1)N1C(=O)c2c(Br)c(Br)c3c4c(Br)c(Br)c5c6c(c(Br)c(Br)c(c7c(Br)c(Br)c(c2c37)C1=O)c64)C(=O)N(C(C)c1ccccc1)C5=O. The highest BCUT2D eigenvalue weighted by molar-refractivity contribution is 9.14. The minimum absolute atomic E-state index is 0.336. The molecule has 2 unspecified atom stereocenters. The fourth-order valence-corrected chi connectivity index (χ4v) is 12.8. The molecule has 0 saturated heterocycles. The Balaban J connectivity index is 1.45. The van der Waals surface area contributed by atoms with Gasteiger partial charge in [0.25, 0.3) is 23.6 Å². The lowest BCUT2D eigenvalue weighted by molar-refractivity contribution is 0.0532. The number of carbonyl (C=O) groups excluding carboxylic acids is 4. The summed E-state index contributed by atoms with van der Waals surface area (Å²) in [6.07, 6.45) is 0. The summed E-state index contributed by atoms with van der Waals surface area (Å²) in [5, 5.41) is 5.01. The summed E-state index contributed by atoms with van der Waals surface area (Å²) < 4.78 is 4.17. The van der Waals surface area contributed by atoms with Gasteiger partial charge in [-0.1, -0.05) is 60.7 Å². The lowest BCUT2D eigenvalue weighted by Crippen LogP contribution is -2.42. The van der Waals surface area contributed by atoms with Gasteiger partial charge in [0.05, 0.1) is 34.3 Å². The quantitative estimate of drug-likeness (QED) is 0.1000. The van der Waals surface area contributed by atoms with Crippen molar-refractivity contribution in [2.75, 3.05) is 0 Å². The maximum absolute atomic E-state index is 14.7. The normalized spacial score (nSPS) is 15.5. The predicted octanol–water partition coefficient (Wildman–Crippen LogP) is 14.6. The first-order chi connectivity index (χ1) is 25.7. The van der Waals surface area contributed by atoms with Crippen LogP contribution in [0.4, 0.5) is 0 Å². The van der Waals surface area contributed by atoms with Gasteiger partial charge in [-0.25, -0.2) is 0 Å². The van der Waals surface area contributed by atoms with E-state index in [0.717, 1.165) is 11.1 Å². The molecule has 0 N–H and O–H groups in total. The van der Waals surface area contributed by atoms with Crippen LogP contribution in [0.25, 0.3) is 43.1 Å². The van der Waals surface area contributed by atoms with Crippen LogP contribution in [0.5, 0.6) is 0 Å². The molecule has 0 aromatic heterocycles. The highest BCUT2D eigenvalue weighted by Crippen LogP contribution is 2.60. The Morgan fingerprint density at radius 3 is 0.833 bits per heavy atom. The smallest absolute Gasteiger partial charge is 0.263 e. The van der Waals surface area contributed by atoms with Gasteiger partial charge in [0, 0.05) is 78.9 Å². The van der Waals surface area contributed by atoms with Crippen LogP contribution in [0.1, 0.15) is 78.5 Å². The van der Waals surface area contributed by atoms with Crippen molar-refractivity contribution in [1.29, 1.82) is 0 Å². The summed E-state index contributed by atoms with van der Waals surface area (Å²) in [5.41, 5.74) is 2.97. The largest absolute Gasteiger partial charge is 0.269 e. The van der Waals surface area contributed by atoms with Crippen molar-refractivity contribution >= 4 is 194 Å². The van der Waals surface area contributed by atoms with E-state index in [1.54, 1.807) is 0 Å². The van der Waals surface area contributed by atoms with E-state index >= 15 is 0 Å². The molecule has 0 radical (unpaired) electrons. The Morgan fingerprint density at radius 1 is 0.352 bits per heavy atom. The average molecular weight is 1230 g/mol. The van der Waals surface area contributed by atoms with Crippen molar-refractivity contribution in [3.63, 3.8) is 0 Å². The number of amides is 4. The van der Waals surface area contributed by atoms with Crippen LogP contribution in [0.3, 0.4) is 0 Å². The number of imide groups is 2. The molecule has 2 heterocycles. The molecule has 2 aliphatic heterocycles. The lowest BCUT2D eigenvalue weighted by atomic mass is 9.81. The van der Waals surface area contributed by atoms with Gasteiger partial charge in [-0.15, -0.1) is 0 Å². The molecule has 4 amide bonds. The Labute approximate surface area is 374 Å². The molecular weight excluding hydrogens is 1210 g/mol. The third kappa shape index (κ3) is 4.80. The molecule has 7 aromatic rings. The van der Waals surface area contributed by atoms with Crippen molar-refractivity contribution < 1.29 is 19.2 Å². The standard InChI is InChI=1S/C40H18Br8N2O4/c1-13(15-9-5-3-6-10-15)49-37(51)25-19-17-21(29(41)33(25)45)23-18-20-27(35(47)31(23)43)39(53)50(14(2)16-11-7-4-8-12-16)40(54)28(20)36(48)32(44)24(18)22(17)30(42)34(46)26(19)38(49)52/h3-14H,1-2H3. The second-order valence-electron chi connectivity index (χ2n) is 13.1. The van der Waals surface area contributed by atoms with E-state index in [-0.39, 0.29) is 0 Å². The Bertz CT molecular complexity index is 2590. The van der Waals surface area contributed by atoms with Crippen molar-refractivity contribution in [1.82, 2.24) is 9.80 Å². The summed E-state index contributed by atoms with van der Waals surface area (Å²) in [6, 6.07) is 17.8. The second-order valence-corrected chi connectivity index (χ2v) is 19.5. The minimum atomic E-state index is -0.565. The summed E-state index contributed by atoms with van der Waals surface area (Å²) >= 11 is 30.7. The number of fused-ring (bicyclic) bond motifs is 2. The molecule has 14 heteroatoms. The molecule has 54 heavy (non-hydrogen) atoms. The molecule has 0 fully saturated rings. The van der Waals surface area contributed by atoms with E-state index in [0.29, 0.717) is 101 Å². The van der Waals surface area contributed by atoms with Crippen molar-refractivity contribution in [3.05, 3.63) is 130 Å². The first kappa shape index (κ1) is 37.5. The Hall–Kier alpha value is -2.04. The number of halogens is 8. The fourth-order valence-electron chi connectivity index (χ4n) is 8.13. The topological polar surface area (TPSA) is 74.8 Å². The van der Waals surface area contributed by atoms with Crippen LogP contribution in [0.2, 0.25) is 0 Å². The van der Waals surface area contributed by atoms with E-state index in [4.69, 9.17) is 0 Å². The van der Waals surface area contributed by atoms with E-state index in [9.17, 15) is 19.2 Å². The zero-order valence-electron chi connectivity index (χ0n) is 27.5. The molecule has 0 bridgehead atoms. The van der Waals surface area contributed by atoms with Crippen LogP contribution >= 0.6 is 127 Å². The van der Waals surface area contributed by atoms with Crippen molar-refractivity contribution in [2.24, 2.45) is 0 Å². The van der Waals surface area contributed by atoms with Crippen LogP contribution in [0, 0.1) is 0 Å². The molecule has 7 aromatic carbocycles. The first-order valence-electron chi connectivity index (χ1n) is 16.3. The maximum Gasteiger partial charge on any atom is 0.263 e. The summed E-state index contributed by atoms with van der Waals surface area (Å²) in [6.45, 7) is 3.68. The van der Waals surface area contributed by atoms with Crippen LogP contribution in [-0.2, 0) is 0 Å². The van der Waals surface area contributed by atoms with Crippen molar-refractivity contribution in [3.8, 4) is 0 Å². The van der Waals surface area contributed by atoms with Gasteiger partial charge in [0.1, 0.15) is 0 Å². The molecule has 2 atom stereocenters. The van der Waals surface area contributed by atoms with Gasteiger partial charge in [-0.3, -0.25) is 29.0 Å². The molecule has 0 spiro atoms. The number of hydrogen-bond donors (Lipinski definition) is 0. The highest BCUT2D eigenvalue weighted by Gasteiger charge is 2.45. The summed E-state index contributed by atoms with van der Waals surface area (Å²) in [5.74, 6) is -1.76. The second kappa shape index (κ2) is 13.3. The maximum atomic E-state index is 14.7. The van der Waals surface area contributed by atoms with Crippen LogP contribution < -0.4 is 0 Å². The minimum Gasteiger partial charge on any atom is -0.269 e. The number of benzene rings is 7. The molecule has 9 rings (SSSR count). The Kier molecular flexibility index (Phi) is 9.21. The molecule has 0 aliphatic carbocycles. The van der Waals surface area contributed by atoms with E-state index < -0.39 is 35.7 Å². The molecule has 6 nitrogen and oxygen atoms in total. The zero-order chi connectivity index (χ0) is 38.4. The van der Waals surface area contributed by atoms with E-state index in [1.807, 2.05) is 74.5 Å². The Morgan fingerprint density at radius 2 is 0.593 bits per heavy atom. The van der Waals surface area contributed by atoms with E-state index in [2.05, 4.69) is 127 Å². The molecule has 2 aliphatic rings. The monoisotopic (exact) mass is 1220 g/mol. The predicted molar refractivity (Wildman–Crippen MR) is 240 cm³/mol. The summed E-state index contributed by atoms with van der Waals surface area (Å²) in [7, 11) is 0. The third-order valence-electron chi connectivity index (χ3n) is 10.6. The molecule has 268 valence electrons. The van der Waals surface area contributed by atoms with Gasteiger partial charge >= 0.3 is 0 Å². The average Bonchev–Trinajstić information content (AvgIpc) is 3.16. The van der Waals surface area contributed by atoms with Gasteiger partial charge in [0.2, 0.25) is 0 Å². The van der Waals surface area contributed by atoms with Gasteiger partial charge in [-0.05, 0) is 152 Å².